The lowest BCUT2D eigenvalue weighted by atomic mass is 10.1. The number of halogens is 2. The van der Waals surface area contributed by atoms with Crippen LogP contribution in [0.2, 0.25) is 0 Å². The van der Waals surface area contributed by atoms with E-state index >= 15 is 0 Å². The number of nitrogens with zero attached hydrogens (tertiary/aromatic N) is 1. The molecule has 0 aliphatic heterocycles. The van der Waals surface area contributed by atoms with Crippen molar-refractivity contribution in [3.63, 3.8) is 0 Å². The molecule has 0 saturated heterocycles. The van der Waals surface area contributed by atoms with Gasteiger partial charge in [-0.2, -0.15) is 0 Å². The molecule has 96 valence electrons. The van der Waals surface area contributed by atoms with Gasteiger partial charge in [-0.05, 0) is 39.1 Å². The molecule has 0 bridgehead atoms. The fourth-order valence-electron chi connectivity index (χ4n) is 1.49. The summed E-state index contributed by atoms with van der Waals surface area (Å²) in [5.74, 6) is -0.927. The molecule has 0 atom stereocenters. The third-order valence-corrected chi connectivity index (χ3v) is 4.03. The van der Waals surface area contributed by atoms with Crippen LogP contribution in [0.1, 0.15) is 18.9 Å². The van der Waals surface area contributed by atoms with Crippen molar-refractivity contribution in [1.29, 1.82) is 0 Å². The maximum atomic E-state index is 13.6. The van der Waals surface area contributed by atoms with Crippen molar-refractivity contribution in [2.75, 3.05) is 7.05 Å². The average Bonchev–Trinajstić information content (AvgIpc) is 2.82. The number of nitrogens with one attached hydrogen (secondary N) is 1. The Balaban J connectivity index is 2.44. The van der Waals surface area contributed by atoms with E-state index in [2.05, 4.69) is 10.3 Å². The Morgan fingerprint density at radius 3 is 2.67 bits per heavy atom. The highest BCUT2D eigenvalue weighted by Crippen LogP contribution is 2.30. The first-order chi connectivity index (χ1) is 8.44. The monoisotopic (exact) mass is 268 g/mol. The molecular formula is C13H14F2N2S. The summed E-state index contributed by atoms with van der Waals surface area (Å²) < 4.78 is 26.8. The fourth-order valence-corrected chi connectivity index (χ4v) is 2.44. The molecule has 1 aromatic carbocycles. The number of benzene rings is 1. The Labute approximate surface area is 109 Å². The van der Waals surface area contributed by atoms with Gasteiger partial charge in [-0.25, -0.2) is 13.8 Å². The van der Waals surface area contributed by atoms with Crippen molar-refractivity contribution in [3.05, 3.63) is 40.2 Å². The first-order valence-corrected chi connectivity index (χ1v) is 6.42. The lowest BCUT2D eigenvalue weighted by Gasteiger charge is -2.20. The third-order valence-electron chi connectivity index (χ3n) is 2.87. The van der Waals surface area contributed by atoms with E-state index < -0.39 is 11.6 Å². The van der Waals surface area contributed by atoms with Crippen LogP contribution in [0.25, 0.3) is 11.3 Å². The van der Waals surface area contributed by atoms with Crippen LogP contribution in [0.3, 0.4) is 0 Å². The number of hydrogen-bond acceptors (Lipinski definition) is 3. The molecule has 0 fully saturated rings. The summed E-state index contributed by atoms with van der Waals surface area (Å²) >= 11 is 1.43. The van der Waals surface area contributed by atoms with E-state index in [0.29, 0.717) is 5.69 Å². The van der Waals surface area contributed by atoms with Crippen LogP contribution >= 0.6 is 11.3 Å². The smallest absolute Gasteiger partial charge is 0.132 e. The van der Waals surface area contributed by atoms with Gasteiger partial charge in [0.15, 0.2) is 0 Å². The molecule has 2 nitrogen and oxygen atoms in total. The van der Waals surface area contributed by atoms with Crippen molar-refractivity contribution in [2.24, 2.45) is 0 Å². The third kappa shape index (κ3) is 2.42. The van der Waals surface area contributed by atoms with Crippen LogP contribution in [0, 0.1) is 11.6 Å². The normalized spacial score (nSPS) is 11.8. The Bertz CT molecular complexity index is 564. The van der Waals surface area contributed by atoms with E-state index in [-0.39, 0.29) is 11.1 Å². The SMILES string of the molecule is CNC(C)(C)c1nc(-c2cc(F)ccc2F)cs1. The van der Waals surface area contributed by atoms with Gasteiger partial charge in [0.25, 0.3) is 0 Å². The van der Waals surface area contributed by atoms with Gasteiger partial charge in [-0.3, -0.25) is 0 Å². The van der Waals surface area contributed by atoms with Gasteiger partial charge in [-0.15, -0.1) is 11.3 Å². The van der Waals surface area contributed by atoms with Crippen molar-refractivity contribution >= 4 is 11.3 Å². The minimum Gasteiger partial charge on any atom is -0.309 e. The Morgan fingerprint density at radius 2 is 2.00 bits per heavy atom. The van der Waals surface area contributed by atoms with E-state index in [1.807, 2.05) is 20.9 Å². The Morgan fingerprint density at radius 1 is 1.28 bits per heavy atom. The second-order valence-electron chi connectivity index (χ2n) is 4.54. The maximum Gasteiger partial charge on any atom is 0.132 e. The summed E-state index contributed by atoms with van der Waals surface area (Å²) in [7, 11) is 1.84. The molecule has 2 aromatic rings. The zero-order valence-corrected chi connectivity index (χ0v) is 11.2. The van der Waals surface area contributed by atoms with Gasteiger partial charge >= 0.3 is 0 Å². The first-order valence-electron chi connectivity index (χ1n) is 5.54. The first kappa shape index (κ1) is 13.1. The van der Waals surface area contributed by atoms with Crippen molar-refractivity contribution in [1.82, 2.24) is 10.3 Å². The molecule has 0 unspecified atom stereocenters. The van der Waals surface area contributed by atoms with Crippen LogP contribution in [0.4, 0.5) is 8.78 Å². The molecule has 0 aliphatic carbocycles. The highest BCUT2D eigenvalue weighted by Gasteiger charge is 2.22. The summed E-state index contributed by atoms with van der Waals surface area (Å²) in [4.78, 5) is 4.37. The average molecular weight is 268 g/mol. The van der Waals surface area contributed by atoms with Crippen molar-refractivity contribution in [3.8, 4) is 11.3 Å². The van der Waals surface area contributed by atoms with E-state index in [4.69, 9.17) is 0 Å². The molecule has 0 radical (unpaired) electrons. The predicted octanol–water partition coefficient (Wildman–Crippen LogP) is 3.54. The molecular weight excluding hydrogens is 254 g/mol. The molecule has 5 heteroatoms. The lowest BCUT2D eigenvalue weighted by molar-refractivity contribution is 0.442. The van der Waals surface area contributed by atoms with E-state index in [9.17, 15) is 8.78 Å². The van der Waals surface area contributed by atoms with Crippen LogP contribution in [0.5, 0.6) is 0 Å². The largest absolute Gasteiger partial charge is 0.309 e. The fraction of sp³-hybridized carbons (Fsp3) is 0.308. The standard InChI is InChI=1S/C13H14F2N2S/c1-13(2,16-3)12-17-11(7-18-12)9-6-8(14)4-5-10(9)15/h4-7,16H,1-3H3. The van der Waals surface area contributed by atoms with Gasteiger partial charge in [0.1, 0.15) is 16.6 Å². The van der Waals surface area contributed by atoms with Crippen LogP contribution in [-0.2, 0) is 5.54 Å². The van der Waals surface area contributed by atoms with Crippen molar-refractivity contribution < 1.29 is 8.78 Å². The zero-order valence-electron chi connectivity index (χ0n) is 10.4. The van der Waals surface area contributed by atoms with E-state index in [1.165, 1.54) is 17.4 Å². The summed E-state index contributed by atoms with van der Waals surface area (Å²) in [5.41, 5.74) is 0.381. The number of hydrogen-bond donors (Lipinski definition) is 1. The highest BCUT2D eigenvalue weighted by atomic mass is 32.1. The van der Waals surface area contributed by atoms with Crippen LogP contribution in [0.15, 0.2) is 23.6 Å². The molecule has 18 heavy (non-hydrogen) atoms. The van der Waals surface area contributed by atoms with E-state index in [0.717, 1.165) is 17.1 Å². The topological polar surface area (TPSA) is 24.9 Å². The van der Waals surface area contributed by atoms with Gasteiger partial charge < -0.3 is 5.32 Å². The summed E-state index contributed by atoms with van der Waals surface area (Å²) in [5, 5.41) is 5.71. The summed E-state index contributed by atoms with van der Waals surface area (Å²) in [6.07, 6.45) is 0. The van der Waals surface area contributed by atoms with Gasteiger partial charge in [-0.1, -0.05) is 0 Å². The van der Waals surface area contributed by atoms with E-state index in [1.54, 1.807) is 5.38 Å². The number of thiazole rings is 1. The molecule has 1 aromatic heterocycles. The van der Waals surface area contributed by atoms with Gasteiger partial charge in [0, 0.05) is 10.9 Å². The zero-order chi connectivity index (χ0) is 13.3. The minimum atomic E-state index is -0.464. The number of aromatic nitrogens is 1. The highest BCUT2D eigenvalue weighted by molar-refractivity contribution is 7.10. The lowest BCUT2D eigenvalue weighted by Crippen LogP contribution is -2.32. The molecule has 0 spiro atoms. The van der Waals surface area contributed by atoms with Crippen molar-refractivity contribution in [2.45, 2.75) is 19.4 Å². The molecule has 0 amide bonds. The molecule has 0 aliphatic rings. The second-order valence-corrected chi connectivity index (χ2v) is 5.40. The predicted molar refractivity (Wildman–Crippen MR) is 69.6 cm³/mol. The Kier molecular flexibility index (Phi) is 3.45. The molecule has 2 rings (SSSR count). The second kappa shape index (κ2) is 4.74. The maximum absolute atomic E-state index is 13.6. The van der Waals surface area contributed by atoms with Crippen LogP contribution < -0.4 is 5.32 Å². The summed E-state index contributed by atoms with van der Waals surface area (Å²) in [6.45, 7) is 3.97. The van der Waals surface area contributed by atoms with Crippen LogP contribution in [-0.4, -0.2) is 12.0 Å². The molecule has 0 saturated carbocycles. The Hall–Kier alpha value is -1.33. The number of rotatable bonds is 3. The van der Waals surface area contributed by atoms with Gasteiger partial charge in [0.2, 0.25) is 0 Å². The quantitative estimate of drug-likeness (QED) is 0.921. The van der Waals surface area contributed by atoms with Gasteiger partial charge in [0.05, 0.1) is 11.2 Å². The molecule has 1 heterocycles. The minimum absolute atomic E-state index is 0.199. The molecule has 1 N–H and O–H groups in total. The summed E-state index contributed by atoms with van der Waals surface area (Å²) in [6, 6.07) is 3.39.